The number of hydrogen-bond acceptors (Lipinski definition) is 4. The Morgan fingerprint density at radius 3 is 2.81 bits per heavy atom. The molecule has 110 valence electrons. The van der Waals surface area contributed by atoms with Crippen molar-refractivity contribution in [2.45, 2.75) is 13.5 Å². The summed E-state index contributed by atoms with van der Waals surface area (Å²) in [5.41, 5.74) is 0.891. The van der Waals surface area contributed by atoms with Gasteiger partial charge in [-0.1, -0.05) is 6.07 Å². The number of imidazole rings is 1. The van der Waals surface area contributed by atoms with Crippen molar-refractivity contribution in [1.82, 2.24) is 14.9 Å². The molecule has 0 aliphatic carbocycles. The third-order valence-electron chi connectivity index (χ3n) is 3.06. The molecule has 7 heteroatoms. The number of aromatic hydroxyl groups is 1. The fraction of sp³-hybridized carbons (Fsp3) is 0.214. The summed E-state index contributed by atoms with van der Waals surface area (Å²) >= 11 is 0. The van der Waals surface area contributed by atoms with Crippen molar-refractivity contribution in [3.05, 3.63) is 47.5 Å². The summed E-state index contributed by atoms with van der Waals surface area (Å²) in [6.45, 7) is 2.40. The monoisotopic (exact) mass is 289 g/mol. The molecule has 1 aromatic heterocycles. The maximum Gasteiger partial charge on any atom is 0.356 e. The van der Waals surface area contributed by atoms with Crippen LogP contribution in [0, 0.1) is 6.92 Å². The molecule has 2 rings (SSSR count). The zero-order valence-corrected chi connectivity index (χ0v) is 11.4. The van der Waals surface area contributed by atoms with Gasteiger partial charge >= 0.3 is 5.97 Å². The minimum absolute atomic E-state index is 0.0369. The number of aromatic carboxylic acids is 1. The van der Waals surface area contributed by atoms with Crippen molar-refractivity contribution < 1.29 is 19.8 Å². The number of carbonyl (C=O) groups is 2. The number of nitrogens with zero attached hydrogens (tertiary/aromatic N) is 2. The molecule has 7 nitrogen and oxygen atoms in total. The Balaban J connectivity index is 1.92. The van der Waals surface area contributed by atoms with Crippen LogP contribution < -0.4 is 5.32 Å². The predicted molar refractivity (Wildman–Crippen MR) is 74.4 cm³/mol. The second-order valence-corrected chi connectivity index (χ2v) is 4.51. The second kappa shape index (κ2) is 6.08. The summed E-state index contributed by atoms with van der Waals surface area (Å²) in [4.78, 5) is 26.4. The summed E-state index contributed by atoms with van der Waals surface area (Å²) in [7, 11) is 0. The van der Waals surface area contributed by atoms with Crippen molar-refractivity contribution in [2.75, 3.05) is 6.54 Å². The Morgan fingerprint density at radius 1 is 1.38 bits per heavy atom. The topological polar surface area (TPSA) is 104 Å². The van der Waals surface area contributed by atoms with E-state index >= 15 is 0 Å². The van der Waals surface area contributed by atoms with Crippen LogP contribution in [-0.2, 0) is 6.54 Å². The molecule has 0 saturated heterocycles. The van der Waals surface area contributed by atoms with Gasteiger partial charge in [0.15, 0.2) is 5.69 Å². The van der Waals surface area contributed by atoms with E-state index in [1.165, 1.54) is 18.6 Å². The molecular formula is C14H15N3O4. The van der Waals surface area contributed by atoms with E-state index in [-0.39, 0.29) is 17.4 Å². The van der Waals surface area contributed by atoms with E-state index in [1.54, 1.807) is 23.6 Å². The van der Waals surface area contributed by atoms with Crippen LogP contribution >= 0.6 is 0 Å². The second-order valence-electron chi connectivity index (χ2n) is 4.51. The largest absolute Gasteiger partial charge is 0.508 e. The molecule has 0 radical (unpaired) electrons. The van der Waals surface area contributed by atoms with Crippen molar-refractivity contribution >= 4 is 11.9 Å². The van der Waals surface area contributed by atoms with Gasteiger partial charge in [0.1, 0.15) is 5.75 Å². The van der Waals surface area contributed by atoms with Crippen LogP contribution in [0.25, 0.3) is 0 Å². The highest BCUT2D eigenvalue weighted by atomic mass is 16.4. The zero-order chi connectivity index (χ0) is 15.4. The maximum absolute atomic E-state index is 12.0. The molecule has 0 aliphatic heterocycles. The smallest absolute Gasteiger partial charge is 0.356 e. The molecule has 1 aromatic carbocycles. The van der Waals surface area contributed by atoms with Gasteiger partial charge in [0.2, 0.25) is 0 Å². The number of benzene rings is 1. The lowest BCUT2D eigenvalue weighted by Gasteiger charge is -2.09. The average molecular weight is 289 g/mol. The van der Waals surface area contributed by atoms with E-state index < -0.39 is 5.97 Å². The van der Waals surface area contributed by atoms with Crippen LogP contribution in [0.15, 0.2) is 30.7 Å². The van der Waals surface area contributed by atoms with Gasteiger partial charge in [0.25, 0.3) is 5.91 Å². The van der Waals surface area contributed by atoms with Crippen LogP contribution in [0.2, 0.25) is 0 Å². The average Bonchev–Trinajstić information content (AvgIpc) is 2.91. The molecule has 0 aliphatic rings. The summed E-state index contributed by atoms with van der Waals surface area (Å²) in [6.07, 6.45) is 2.79. The number of carboxylic acids is 1. The number of nitrogens with one attached hydrogen (secondary N) is 1. The van der Waals surface area contributed by atoms with Gasteiger partial charge in [-0.25, -0.2) is 9.78 Å². The van der Waals surface area contributed by atoms with E-state index in [1.807, 2.05) is 0 Å². The standard InChI is InChI=1S/C14H15N3O4/c1-9-10(3-2-4-12(9)18)13(19)15-5-6-17-7-11(14(20)21)16-8-17/h2-4,7-8,18H,5-6H2,1H3,(H,15,19)(H,20,21). The molecule has 0 spiro atoms. The Hall–Kier alpha value is -2.83. The number of phenols is 1. The lowest BCUT2D eigenvalue weighted by molar-refractivity contribution is 0.0690. The minimum atomic E-state index is -1.09. The van der Waals surface area contributed by atoms with Gasteiger partial charge in [0, 0.05) is 30.4 Å². The molecule has 0 saturated carbocycles. The molecule has 0 bridgehead atoms. The van der Waals surface area contributed by atoms with Crippen molar-refractivity contribution in [3.63, 3.8) is 0 Å². The van der Waals surface area contributed by atoms with E-state index in [2.05, 4.69) is 10.3 Å². The summed E-state index contributed by atoms with van der Waals surface area (Å²) in [6, 6.07) is 4.75. The Bertz CT molecular complexity index is 679. The number of amides is 1. The molecule has 1 heterocycles. The van der Waals surface area contributed by atoms with Crippen molar-refractivity contribution in [1.29, 1.82) is 0 Å². The van der Waals surface area contributed by atoms with Gasteiger partial charge in [-0.3, -0.25) is 4.79 Å². The summed E-state index contributed by atoms with van der Waals surface area (Å²) < 4.78 is 1.58. The first-order valence-corrected chi connectivity index (χ1v) is 6.31. The van der Waals surface area contributed by atoms with Crippen molar-refractivity contribution in [2.24, 2.45) is 0 Å². The molecule has 21 heavy (non-hydrogen) atoms. The highest BCUT2D eigenvalue weighted by Crippen LogP contribution is 2.19. The van der Waals surface area contributed by atoms with Gasteiger partial charge in [0.05, 0.1) is 6.33 Å². The fourth-order valence-corrected chi connectivity index (χ4v) is 1.86. The lowest BCUT2D eigenvalue weighted by Crippen LogP contribution is -2.27. The molecule has 2 aromatic rings. The molecule has 0 fully saturated rings. The van der Waals surface area contributed by atoms with Gasteiger partial charge in [-0.2, -0.15) is 0 Å². The van der Waals surface area contributed by atoms with Gasteiger partial charge in [-0.15, -0.1) is 0 Å². The fourth-order valence-electron chi connectivity index (χ4n) is 1.86. The molecule has 1 amide bonds. The number of aromatic nitrogens is 2. The van der Waals surface area contributed by atoms with Crippen LogP contribution in [0.4, 0.5) is 0 Å². The highest BCUT2D eigenvalue weighted by molar-refractivity contribution is 5.96. The first-order valence-electron chi connectivity index (χ1n) is 6.31. The zero-order valence-electron chi connectivity index (χ0n) is 11.4. The minimum Gasteiger partial charge on any atom is -0.508 e. The Kier molecular flexibility index (Phi) is 4.22. The van der Waals surface area contributed by atoms with Crippen molar-refractivity contribution in [3.8, 4) is 5.75 Å². The normalized spacial score (nSPS) is 10.3. The van der Waals surface area contributed by atoms with Crippen LogP contribution in [-0.4, -0.2) is 38.2 Å². The third kappa shape index (κ3) is 3.38. The number of hydrogen-bond donors (Lipinski definition) is 3. The third-order valence-corrected chi connectivity index (χ3v) is 3.06. The highest BCUT2D eigenvalue weighted by Gasteiger charge is 2.11. The van der Waals surface area contributed by atoms with E-state index in [9.17, 15) is 14.7 Å². The van der Waals surface area contributed by atoms with Crippen LogP contribution in [0.3, 0.4) is 0 Å². The Labute approximate surface area is 120 Å². The predicted octanol–water partition coefficient (Wildman–Crippen LogP) is 1.03. The van der Waals surface area contributed by atoms with Gasteiger partial charge in [-0.05, 0) is 19.1 Å². The lowest BCUT2D eigenvalue weighted by atomic mass is 10.1. The number of carbonyl (C=O) groups excluding carboxylic acids is 1. The Morgan fingerprint density at radius 2 is 2.14 bits per heavy atom. The number of carboxylic acid groups (broad SMARTS) is 1. The van der Waals surface area contributed by atoms with Crippen LogP contribution in [0.5, 0.6) is 5.75 Å². The number of phenolic OH excluding ortho intramolecular Hbond substituents is 1. The first kappa shape index (κ1) is 14.6. The molecule has 0 atom stereocenters. The first-order chi connectivity index (χ1) is 9.99. The summed E-state index contributed by atoms with van der Waals surface area (Å²) in [5, 5.41) is 21.0. The SMILES string of the molecule is Cc1c(O)cccc1C(=O)NCCn1cnc(C(=O)O)c1. The molecular weight excluding hydrogens is 274 g/mol. The van der Waals surface area contributed by atoms with E-state index in [4.69, 9.17) is 5.11 Å². The number of rotatable bonds is 5. The van der Waals surface area contributed by atoms with E-state index in [0.29, 0.717) is 24.2 Å². The summed E-state index contributed by atoms with van der Waals surface area (Å²) in [5.74, 6) is -1.31. The quantitative estimate of drug-likeness (QED) is 0.762. The molecule has 0 unspecified atom stereocenters. The molecule has 3 N–H and O–H groups in total. The van der Waals surface area contributed by atoms with Crippen LogP contribution in [0.1, 0.15) is 26.4 Å². The van der Waals surface area contributed by atoms with E-state index in [0.717, 1.165) is 0 Å². The van der Waals surface area contributed by atoms with Gasteiger partial charge < -0.3 is 20.1 Å². The maximum atomic E-state index is 12.0.